The molecule has 1 heterocycles. The molecule has 0 saturated heterocycles. The highest BCUT2D eigenvalue weighted by Gasteiger charge is 2.18. The van der Waals surface area contributed by atoms with Crippen LogP contribution in [0.2, 0.25) is 0 Å². The average molecular weight is 561 g/mol. The van der Waals surface area contributed by atoms with Crippen LogP contribution in [0.1, 0.15) is 19.2 Å². The molecule has 0 bridgehead atoms. The minimum absolute atomic E-state index is 0.00167. The van der Waals surface area contributed by atoms with Crippen LogP contribution < -0.4 is 0 Å². The van der Waals surface area contributed by atoms with E-state index >= 15 is 0 Å². The van der Waals surface area contributed by atoms with E-state index in [2.05, 4.69) is 0 Å². The quantitative estimate of drug-likeness (QED) is 0.196. The van der Waals surface area contributed by atoms with Gasteiger partial charge in [0.15, 0.2) is 0 Å². The van der Waals surface area contributed by atoms with Crippen molar-refractivity contribution in [3.63, 3.8) is 0 Å². The SMILES string of the molecule is [2H]c1c([2H])c([2H])c2c(oc3c([2H])c([2H])c(-c4c5ccccc5c(-c5cccc(-c6c([2H])c([2H])c([2H])c7c([2H])c([2H])c([2H])c([2H])c67)c5)c5ccccc45)c([2H])c32)c1[2H]. The van der Waals surface area contributed by atoms with Gasteiger partial charge in [-0.3, -0.25) is 0 Å². The Morgan fingerprint density at radius 2 is 1.02 bits per heavy atom. The highest BCUT2D eigenvalue weighted by Crippen LogP contribution is 2.45. The lowest BCUT2D eigenvalue weighted by Crippen LogP contribution is -1.91. The summed E-state index contributed by atoms with van der Waals surface area (Å²) in [7, 11) is 0. The Morgan fingerprint density at radius 3 is 1.79 bits per heavy atom. The molecular formula is C42H26O. The Labute approximate surface area is 268 Å². The molecule has 0 aliphatic carbocycles. The summed E-state index contributed by atoms with van der Waals surface area (Å²) in [6.45, 7) is 0. The molecule has 9 rings (SSSR count). The molecule has 200 valence electrons. The maximum atomic E-state index is 9.56. The first kappa shape index (κ1) is 14.0. The zero-order chi connectivity index (χ0) is 40.5. The Bertz CT molecular complexity index is 3230. The Balaban J connectivity index is 1.38. The van der Waals surface area contributed by atoms with E-state index < -0.39 is 60.4 Å². The fourth-order valence-electron chi connectivity index (χ4n) is 6.00. The maximum absolute atomic E-state index is 9.56. The second-order valence-electron chi connectivity index (χ2n) is 10.2. The summed E-state index contributed by atoms with van der Waals surface area (Å²) in [6.07, 6.45) is 0. The first-order chi connectivity index (χ1) is 27.2. The zero-order valence-corrected chi connectivity index (χ0v) is 22.3. The van der Waals surface area contributed by atoms with E-state index in [1.165, 1.54) is 0 Å². The molecule has 1 aromatic heterocycles. The summed E-state index contributed by atoms with van der Waals surface area (Å²) in [5.74, 6) is 0. The van der Waals surface area contributed by atoms with Gasteiger partial charge in [-0.15, -0.1) is 0 Å². The molecule has 0 spiro atoms. The van der Waals surface area contributed by atoms with E-state index in [0.717, 1.165) is 5.56 Å². The predicted molar refractivity (Wildman–Crippen MR) is 183 cm³/mol. The first-order valence-corrected chi connectivity index (χ1v) is 13.6. The summed E-state index contributed by atoms with van der Waals surface area (Å²) in [4.78, 5) is 0. The smallest absolute Gasteiger partial charge is 0.135 e. The van der Waals surface area contributed by atoms with Gasteiger partial charge in [-0.2, -0.15) is 0 Å². The van der Waals surface area contributed by atoms with E-state index in [9.17, 15) is 2.74 Å². The van der Waals surface area contributed by atoms with Gasteiger partial charge < -0.3 is 4.42 Å². The van der Waals surface area contributed by atoms with Crippen LogP contribution in [0, 0.1) is 0 Å². The third-order valence-corrected chi connectivity index (χ3v) is 7.82. The average Bonchev–Trinajstić information content (AvgIpc) is 3.63. The van der Waals surface area contributed by atoms with Gasteiger partial charge in [0.1, 0.15) is 11.2 Å². The first-order valence-electron chi connectivity index (χ1n) is 20.6. The van der Waals surface area contributed by atoms with Crippen molar-refractivity contribution in [3.05, 3.63) is 157 Å². The molecule has 0 atom stereocenters. The predicted octanol–water partition coefficient (Wildman–Crippen LogP) is 12.0. The van der Waals surface area contributed by atoms with Crippen LogP contribution in [0.15, 0.2) is 162 Å². The van der Waals surface area contributed by atoms with Crippen LogP contribution >= 0.6 is 0 Å². The van der Waals surface area contributed by atoms with E-state index in [4.69, 9.17) is 20.9 Å². The van der Waals surface area contributed by atoms with Crippen LogP contribution in [0.25, 0.3) is 87.6 Å². The number of rotatable bonds is 3. The van der Waals surface area contributed by atoms with Gasteiger partial charge in [-0.1, -0.05) is 133 Å². The van der Waals surface area contributed by atoms with Crippen LogP contribution in [0.3, 0.4) is 0 Å². The van der Waals surface area contributed by atoms with Gasteiger partial charge in [0.25, 0.3) is 0 Å². The molecule has 0 aliphatic heterocycles. The molecule has 0 saturated carbocycles. The van der Waals surface area contributed by atoms with Gasteiger partial charge >= 0.3 is 0 Å². The number of fused-ring (bicyclic) bond motifs is 6. The molecule has 9 aromatic rings. The number of para-hydroxylation sites is 1. The van der Waals surface area contributed by atoms with Gasteiger partial charge in [-0.05, 0) is 89.9 Å². The lowest BCUT2D eigenvalue weighted by molar-refractivity contribution is 0.669. The van der Waals surface area contributed by atoms with Crippen molar-refractivity contribution in [1.82, 2.24) is 0 Å². The fraction of sp³-hybridized carbons (Fsp3) is 0. The van der Waals surface area contributed by atoms with Crippen LogP contribution in [-0.2, 0) is 0 Å². The van der Waals surface area contributed by atoms with Gasteiger partial charge in [0.05, 0.1) is 19.2 Å². The molecule has 0 amide bonds. The second kappa shape index (κ2) is 9.44. The van der Waals surface area contributed by atoms with E-state index in [-0.39, 0.29) is 68.0 Å². The van der Waals surface area contributed by atoms with E-state index in [1.807, 2.05) is 54.6 Å². The topological polar surface area (TPSA) is 13.1 Å². The van der Waals surface area contributed by atoms with Crippen molar-refractivity contribution < 1.29 is 23.6 Å². The monoisotopic (exact) mass is 560 g/mol. The summed E-state index contributed by atoms with van der Waals surface area (Å²) < 4.78 is 127. The lowest BCUT2D eigenvalue weighted by Gasteiger charge is -2.18. The van der Waals surface area contributed by atoms with Gasteiger partial charge in [0.2, 0.25) is 0 Å². The number of benzene rings is 8. The van der Waals surface area contributed by atoms with E-state index in [1.54, 1.807) is 18.2 Å². The summed E-state index contributed by atoms with van der Waals surface area (Å²) in [6, 6.07) is 15.7. The third-order valence-electron chi connectivity index (χ3n) is 7.82. The highest BCUT2D eigenvalue weighted by atomic mass is 16.3. The molecule has 1 heteroatoms. The van der Waals surface area contributed by atoms with Crippen molar-refractivity contribution in [2.75, 3.05) is 0 Å². The summed E-state index contributed by atoms with van der Waals surface area (Å²) >= 11 is 0. The van der Waals surface area contributed by atoms with Crippen molar-refractivity contribution in [2.45, 2.75) is 0 Å². The molecular weight excluding hydrogens is 520 g/mol. The molecule has 0 N–H and O–H groups in total. The van der Waals surface area contributed by atoms with Crippen LogP contribution in [-0.4, -0.2) is 0 Å². The van der Waals surface area contributed by atoms with Gasteiger partial charge in [0, 0.05) is 10.8 Å². The Hall–Kier alpha value is -5.66. The maximum Gasteiger partial charge on any atom is 0.135 e. The number of hydrogen-bond donors (Lipinski definition) is 0. The minimum atomic E-state index is -0.537. The Kier molecular flexibility index (Phi) is 3.07. The molecule has 0 unspecified atom stereocenters. The molecule has 0 fully saturated rings. The summed E-state index contributed by atoms with van der Waals surface area (Å²) in [5, 5.41) is 2.38. The van der Waals surface area contributed by atoms with Crippen molar-refractivity contribution >= 4 is 54.3 Å². The van der Waals surface area contributed by atoms with E-state index in [0.29, 0.717) is 38.2 Å². The summed E-state index contributed by atoms with van der Waals surface area (Å²) in [5.41, 5.74) is 2.00. The minimum Gasteiger partial charge on any atom is -0.456 e. The molecule has 0 radical (unpaired) electrons. The third kappa shape index (κ3) is 3.72. The molecule has 8 aromatic carbocycles. The largest absolute Gasteiger partial charge is 0.456 e. The van der Waals surface area contributed by atoms with Gasteiger partial charge in [-0.25, -0.2) is 0 Å². The number of hydrogen-bond acceptors (Lipinski definition) is 1. The van der Waals surface area contributed by atoms with Crippen molar-refractivity contribution in [3.8, 4) is 33.4 Å². The molecule has 43 heavy (non-hydrogen) atoms. The molecule has 0 aliphatic rings. The lowest BCUT2D eigenvalue weighted by atomic mass is 9.85. The van der Waals surface area contributed by atoms with Crippen molar-refractivity contribution in [1.29, 1.82) is 0 Å². The standard InChI is InChI=1S/C42H26O/c1-2-15-31-27(11-1)12-10-21-32(31)28-13-9-14-29(25-28)41-34-17-3-5-19-36(34)42(37-20-6-4-18-35(37)41)30-23-24-40-38(26-30)33-16-7-8-22-39(33)43-40/h1-26H/i1D,2D,7D,8D,10D,11D,12D,15D,16D,21D,22D,23D,24D,26D. The normalized spacial score (nSPS) is 16.3. The van der Waals surface area contributed by atoms with Crippen LogP contribution in [0.5, 0.6) is 0 Å². The van der Waals surface area contributed by atoms with Crippen molar-refractivity contribution in [2.24, 2.45) is 0 Å². The molecule has 1 nitrogen and oxygen atoms in total. The zero-order valence-electron chi connectivity index (χ0n) is 36.3. The van der Waals surface area contributed by atoms with Crippen LogP contribution in [0.4, 0.5) is 0 Å². The second-order valence-corrected chi connectivity index (χ2v) is 10.2. The Morgan fingerprint density at radius 1 is 0.419 bits per heavy atom. The number of furan rings is 1. The fourth-order valence-corrected chi connectivity index (χ4v) is 6.00. The highest BCUT2D eigenvalue weighted by molar-refractivity contribution is 6.22.